The highest BCUT2D eigenvalue weighted by Crippen LogP contribution is 2.35. The number of halogens is 3. The number of hydrogen-bond donors (Lipinski definition) is 2. The number of aromatic nitrogens is 1. The summed E-state index contributed by atoms with van der Waals surface area (Å²) in [6.45, 7) is 1.05. The van der Waals surface area contributed by atoms with Gasteiger partial charge >= 0.3 is 12.3 Å². The number of oxazole rings is 1. The first-order valence-electron chi connectivity index (χ1n) is 8.58. The summed E-state index contributed by atoms with van der Waals surface area (Å²) in [5.41, 5.74) is -0.0474. The number of benzene rings is 1. The molecule has 0 bridgehead atoms. The molecule has 1 amide bonds. The van der Waals surface area contributed by atoms with Crippen LogP contribution in [0.25, 0.3) is 11.3 Å². The summed E-state index contributed by atoms with van der Waals surface area (Å²) in [5, 5.41) is 14.9. The molecule has 2 atom stereocenters. The summed E-state index contributed by atoms with van der Waals surface area (Å²) in [5.74, 6) is -1.61. The minimum Gasteiger partial charge on any atom is -0.432 e. The van der Waals surface area contributed by atoms with Gasteiger partial charge in [-0.15, -0.1) is 13.2 Å². The molecule has 2 N–H and O–H groups in total. The minimum absolute atomic E-state index is 0.0955. The average Bonchev–Trinajstić information content (AvgIpc) is 3.31. The van der Waals surface area contributed by atoms with Crippen LogP contribution in [-0.2, 0) is 4.74 Å². The lowest BCUT2D eigenvalue weighted by molar-refractivity contribution is -0.274. The molecule has 0 aliphatic carbocycles. The maximum Gasteiger partial charge on any atom is 0.573 e. The quantitative estimate of drug-likeness (QED) is 0.752. The van der Waals surface area contributed by atoms with E-state index in [9.17, 15) is 18.0 Å². The number of hydrogen-bond acceptors (Lipinski definition) is 7. The van der Waals surface area contributed by atoms with Crippen molar-refractivity contribution in [2.75, 3.05) is 20.3 Å². The van der Waals surface area contributed by atoms with Gasteiger partial charge < -0.3 is 24.5 Å². The summed E-state index contributed by atoms with van der Waals surface area (Å²) in [4.78, 5) is 16.2. The second-order valence-corrected chi connectivity index (χ2v) is 6.37. The second kappa shape index (κ2) is 8.50. The lowest BCUT2D eigenvalue weighted by Gasteiger charge is -2.12. The SMILES string of the molecule is COC[C@@H]1C[C@@H](NC(=O)c2ncc(-c3cc(C#N)ccc3OC(F)(F)F)o2)CN1. The first kappa shape index (κ1) is 20.6. The third kappa shape index (κ3) is 5.24. The number of amides is 1. The Morgan fingerprint density at radius 2 is 2.28 bits per heavy atom. The van der Waals surface area contributed by atoms with Gasteiger partial charge in [-0.3, -0.25) is 4.79 Å². The number of ether oxygens (including phenoxy) is 2. The largest absolute Gasteiger partial charge is 0.573 e. The fourth-order valence-electron chi connectivity index (χ4n) is 3.01. The molecule has 0 saturated carbocycles. The lowest BCUT2D eigenvalue weighted by Crippen LogP contribution is -2.36. The average molecular weight is 410 g/mol. The third-order valence-electron chi connectivity index (χ3n) is 4.22. The molecule has 1 fully saturated rings. The van der Waals surface area contributed by atoms with Crippen LogP contribution < -0.4 is 15.4 Å². The Hall–Kier alpha value is -3.10. The molecule has 1 aliphatic heterocycles. The first-order valence-corrected chi connectivity index (χ1v) is 8.58. The van der Waals surface area contributed by atoms with E-state index in [2.05, 4.69) is 20.4 Å². The van der Waals surface area contributed by atoms with Gasteiger partial charge in [0.15, 0.2) is 5.76 Å². The van der Waals surface area contributed by atoms with Crippen LogP contribution in [0.2, 0.25) is 0 Å². The van der Waals surface area contributed by atoms with Gasteiger partial charge in [0.2, 0.25) is 0 Å². The molecule has 2 heterocycles. The summed E-state index contributed by atoms with van der Waals surface area (Å²) >= 11 is 0. The zero-order chi connectivity index (χ0) is 21.0. The van der Waals surface area contributed by atoms with E-state index in [0.717, 1.165) is 12.3 Å². The van der Waals surface area contributed by atoms with E-state index in [1.54, 1.807) is 7.11 Å². The molecule has 1 aliphatic rings. The van der Waals surface area contributed by atoms with E-state index in [-0.39, 0.29) is 34.9 Å². The van der Waals surface area contributed by atoms with Gasteiger partial charge in [0.1, 0.15) is 5.75 Å². The smallest absolute Gasteiger partial charge is 0.432 e. The number of carbonyl (C=O) groups excluding carboxylic acids is 1. The van der Waals surface area contributed by atoms with Crippen molar-refractivity contribution in [1.29, 1.82) is 5.26 Å². The lowest BCUT2D eigenvalue weighted by atomic mass is 10.1. The zero-order valence-corrected chi connectivity index (χ0v) is 15.2. The maximum absolute atomic E-state index is 12.7. The van der Waals surface area contributed by atoms with Gasteiger partial charge in [-0.2, -0.15) is 5.26 Å². The van der Waals surface area contributed by atoms with E-state index in [1.165, 1.54) is 12.1 Å². The number of carbonyl (C=O) groups is 1. The molecule has 11 heteroatoms. The van der Waals surface area contributed by atoms with Crippen LogP contribution >= 0.6 is 0 Å². The Bertz CT molecular complexity index is 923. The monoisotopic (exact) mass is 410 g/mol. The molecule has 0 spiro atoms. The number of rotatable bonds is 6. The van der Waals surface area contributed by atoms with Gasteiger partial charge in [0.25, 0.3) is 5.89 Å². The Labute approximate surface area is 163 Å². The molecule has 0 unspecified atom stereocenters. The fourth-order valence-corrected chi connectivity index (χ4v) is 3.01. The molecule has 154 valence electrons. The van der Waals surface area contributed by atoms with Crippen LogP contribution in [0.4, 0.5) is 13.2 Å². The Kier molecular flexibility index (Phi) is 6.05. The Morgan fingerprint density at radius 3 is 2.97 bits per heavy atom. The molecule has 2 aromatic rings. The topological polar surface area (TPSA) is 109 Å². The van der Waals surface area contributed by atoms with E-state index >= 15 is 0 Å². The van der Waals surface area contributed by atoms with Gasteiger partial charge in [-0.05, 0) is 24.6 Å². The van der Waals surface area contributed by atoms with Crippen molar-refractivity contribution in [3.63, 3.8) is 0 Å². The Morgan fingerprint density at radius 1 is 1.48 bits per heavy atom. The molecular formula is C18H17F3N4O4. The van der Waals surface area contributed by atoms with Crippen LogP contribution in [0, 0.1) is 11.3 Å². The van der Waals surface area contributed by atoms with Crippen LogP contribution in [0.15, 0.2) is 28.8 Å². The van der Waals surface area contributed by atoms with Gasteiger partial charge in [-0.25, -0.2) is 4.98 Å². The minimum atomic E-state index is -4.93. The summed E-state index contributed by atoms with van der Waals surface area (Å²) in [6, 6.07) is 5.12. The van der Waals surface area contributed by atoms with Crippen molar-refractivity contribution in [2.45, 2.75) is 24.9 Å². The van der Waals surface area contributed by atoms with Crippen LogP contribution in [-0.4, -0.2) is 49.6 Å². The number of alkyl halides is 3. The maximum atomic E-state index is 12.7. The van der Waals surface area contributed by atoms with Crippen molar-refractivity contribution in [2.24, 2.45) is 0 Å². The number of nitriles is 1. The number of methoxy groups -OCH3 is 1. The molecular weight excluding hydrogens is 393 g/mol. The highest BCUT2D eigenvalue weighted by atomic mass is 19.4. The summed E-state index contributed by atoms with van der Waals surface area (Å²) < 4.78 is 52.3. The van der Waals surface area contributed by atoms with E-state index in [0.29, 0.717) is 19.6 Å². The summed E-state index contributed by atoms with van der Waals surface area (Å²) in [7, 11) is 1.58. The molecule has 1 aromatic heterocycles. The standard InChI is InChI=1S/C18H17F3N4O4/c1-27-9-12-5-11(7-23-12)25-16(26)17-24-8-15(28-17)13-4-10(6-22)2-3-14(13)29-18(19,20)21/h2-4,8,11-12,23H,5,7,9H2,1H3,(H,25,26)/t11-,12+/m1/s1. The number of nitrogens with zero attached hydrogens (tertiary/aromatic N) is 2. The molecule has 0 radical (unpaired) electrons. The van der Waals surface area contributed by atoms with Crippen LogP contribution in [0.1, 0.15) is 22.7 Å². The zero-order valence-electron chi connectivity index (χ0n) is 15.2. The van der Waals surface area contributed by atoms with Gasteiger partial charge in [-0.1, -0.05) is 0 Å². The highest BCUT2D eigenvalue weighted by molar-refractivity contribution is 5.90. The fraction of sp³-hybridized carbons (Fsp3) is 0.389. The predicted octanol–water partition coefficient (Wildman–Crippen LogP) is 2.22. The van der Waals surface area contributed by atoms with Crippen molar-refractivity contribution in [1.82, 2.24) is 15.6 Å². The normalized spacial score (nSPS) is 19.0. The van der Waals surface area contributed by atoms with E-state index < -0.39 is 18.0 Å². The third-order valence-corrected chi connectivity index (χ3v) is 4.22. The van der Waals surface area contributed by atoms with E-state index in [4.69, 9.17) is 14.4 Å². The second-order valence-electron chi connectivity index (χ2n) is 6.37. The number of nitrogens with one attached hydrogen (secondary N) is 2. The highest BCUT2D eigenvalue weighted by Gasteiger charge is 2.33. The van der Waals surface area contributed by atoms with E-state index in [1.807, 2.05) is 6.07 Å². The Balaban J connectivity index is 1.77. The van der Waals surface area contributed by atoms with Crippen molar-refractivity contribution < 1.29 is 31.9 Å². The molecule has 1 aromatic carbocycles. The van der Waals surface area contributed by atoms with Crippen molar-refractivity contribution in [3.8, 4) is 23.1 Å². The molecule has 8 nitrogen and oxygen atoms in total. The van der Waals surface area contributed by atoms with Crippen molar-refractivity contribution in [3.05, 3.63) is 35.9 Å². The predicted molar refractivity (Wildman–Crippen MR) is 92.9 cm³/mol. The van der Waals surface area contributed by atoms with Gasteiger partial charge in [0, 0.05) is 25.7 Å². The van der Waals surface area contributed by atoms with Crippen LogP contribution in [0.5, 0.6) is 5.75 Å². The summed E-state index contributed by atoms with van der Waals surface area (Å²) in [6.07, 6.45) is -3.17. The van der Waals surface area contributed by atoms with Crippen LogP contribution in [0.3, 0.4) is 0 Å². The molecule has 1 saturated heterocycles. The molecule has 3 rings (SSSR count). The molecule has 29 heavy (non-hydrogen) atoms. The first-order chi connectivity index (χ1) is 13.8. The van der Waals surface area contributed by atoms with Crippen molar-refractivity contribution >= 4 is 5.91 Å². The van der Waals surface area contributed by atoms with Gasteiger partial charge in [0.05, 0.1) is 30.0 Å².